The molecule has 8 atom stereocenters. The third kappa shape index (κ3) is 1.79. The van der Waals surface area contributed by atoms with Crippen LogP contribution in [0.25, 0.3) is 0 Å². The van der Waals surface area contributed by atoms with Gasteiger partial charge in [-0.2, -0.15) is 0 Å². The standard InChI is InChI=1S/C19H30O3/c1-18-8-7-15-13(14(18)5-6-16(18)21)4-3-11-9-12(20)10-17(22)19(11,15)2/h3,12-17,20-22H,4-10H2,1-2H3/t12?,13-,14-,15+,16?,17?,18-,19-/m0/s1. The van der Waals surface area contributed by atoms with Gasteiger partial charge in [-0.05, 0) is 61.7 Å². The lowest BCUT2D eigenvalue weighted by Crippen LogP contribution is -2.55. The molecule has 3 fully saturated rings. The van der Waals surface area contributed by atoms with Crippen LogP contribution in [0.2, 0.25) is 0 Å². The largest absolute Gasteiger partial charge is 0.393 e. The monoisotopic (exact) mass is 306 g/mol. The number of allylic oxidation sites excluding steroid dienone is 1. The van der Waals surface area contributed by atoms with Crippen LogP contribution >= 0.6 is 0 Å². The first-order chi connectivity index (χ1) is 10.4. The number of aliphatic hydroxyl groups excluding tert-OH is 3. The Morgan fingerprint density at radius 1 is 1.00 bits per heavy atom. The smallest absolute Gasteiger partial charge is 0.0658 e. The van der Waals surface area contributed by atoms with Gasteiger partial charge in [-0.25, -0.2) is 0 Å². The van der Waals surface area contributed by atoms with E-state index in [0.717, 1.165) is 38.5 Å². The Bertz CT molecular complexity index is 501. The molecule has 3 saturated carbocycles. The molecule has 0 aromatic rings. The van der Waals surface area contributed by atoms with E-state index in [4.69, 9.17) is 0 Å². The van der Waals surface area contributed by atoms with E-state index in [-0.39, 0.29) is 23.0 Å². The summed E-state index contributed by atoms with van der Waals surface area (Å²) in [7, 11) is 0. The van der Waals surface area contributed by atoms with Gasteiger partial charge in [0.15, 0.2) is 0 Å². The van der Waals surface area contributed by atoms with E-state index < -0.39 is 6.10 Å². The Balaban J connectivity index is 1.71. The van der Waals surface area contributed by atoms with Gasteiger partial charge in [0.25, 0.3) is 0 Å². The van der Waals surface area contributed by atoms with Crippen molar-refractivity contribution in [1.82, 2.24) is 0 Å². The normalized spacial score (nSPS) is 57.6. The van der Waals surface area contributed by atoms with Crippen molar-refractivity contribution in [3.8, 4) is 0 Å². The van der Waals surface area contributed by atoms with Gasteiger partial charge in [-0.3, -0.25) is 0 Å². The van der Waals surface area contributed by atoms with Crippen LogP contribution in [0, 0.1) is 28.6 Å². The van der Waals surface area contributed by atoms with Crippen molar-refractivity contribution in [2.75, 3.05) is 0 Å². The summed E-state index contributed by atoms with van der Waals surface area (Å²) < 4.78 is 0. The van der Waals surface area contributed by atoms with Gasteiger partial charge in [-0.1, -0.05) is 25.5 Å². The van der Waals surface area contributed by atoms with E-state index in [1.165, 1.54) is 5.57 Å². The zero-order chi connectivity index (χ0) is 15.7. The third-order valence-electron chi connectivity index (χ3n) is 8.13. The van der Waals surface area contributed by atoms with Gasteiger partial charge in [-0.15, -0.1) is 0 Å². The maximum Gasteiger partial charge on any atom is 0.0658 e. The fourth-order valence-electron chi connectivity index (χ4n) is 6.67. The molecule has 0 aromatic heterocycles. The van der Waals surface area contributed by atoms with E-state index in [9.17, 15) is 15.3 Å². The van der Waals surface area contributed by atoms with Gasteiger partial charge >= 0.3 is 0 Å². The van der Waals surface area contributed by atoms with Crippen molar-refractivity contribution < 1.29 is 15.3 Å². The van der Waals surface area contributed by atoms with Crippen LogP contribution in [0.3, 0.4) is 0 Å². The Morgan fingerprint density at radius 2 is 1.77 bits per heavy atom. The molecule has 0 heterocycles. The Labute approximate surface area is 133 Å². The van der Waals surface area contributed by atoms with Crippen LogP contribution in [-0.2, 0) is 0 Å². The molecule has 0 saturated heterocycles. The molecule has 0 aromatic carbocycles. The minimum atomic E-state index is -0.425. The molecule has 3 unspecified atom stereocenters. The molecule has 4 rings (SSSR count). The molecule has 0 bridgehead atoms. The highest BCUT2D eigenvalue weighted by Gasteiger charge is 2.60. The molecular formula is C19H30O3. The third-order valence-corrected chi connectivity index (χ3v) is 8.13. The lowest BCUT2D eigenvalue weighted by Gasteiger charge is -2.58. The van der Waals surface area contributed by atoms with Crippen molar-refractivity contribution in [2.24, 2.45) is 28.6 Å². The molecule has 124 valence electrons. The summed E-state index contributed by atoms with van der Waals surface area (Å²) >= 11 is 0. The molecule has 3 heteroatoms. The van der Waals surface area contributed by atoms with E-state index in [0.29, 0.717) is 24.2 Å². The highest BCUT2D eigenvalue weighted by molar-refractivity contribution is 5.27. The number of hydrogen-bond acceptors (Lipinski definition) is 3. The average Bonchev–Trinajstić information content (AvgIpc) is 2.77. The van der Waals surface area contributed by atoms with Gasteiger partial charge in [0.05, 0.1) is 18.3 Å². The zero-order valence-electron chi connectivity index (χ0n) is 13.8. The van der Waals surface area contributed by atoms with Crippen molar-refractivity contribution in [3.63, 3.8) is 0 Å². The molecule has 0 aliphatic heterocycles. The Hall–Kier alpha value is -0.380. The van der Waals surface area contributed by atoms with Crippen molar-refractivity contribution in [2.45, 2.75) is 77.1 Å². The summed E-state index contributed by atoms with van der Waals surface area (Å²) in [6.45, 7) is 4.52. The molecule has 0 radical (unpaired) electrons. The van der Waals surface area contributed by atoms with Crippen LogP contribution in [0.4, 0.5) is 0 Å². The highest BCUT2D eigenvalue weighted by atomic mass is 16.3. The predicted octanol–water partition coefficient (Wildman–Crippen LogP) is 2.64. The van der Waals surface area contributed by atoms with E-state index in [1.54, 1.807) is 0 Å². The summed E-state index contributed by atoms with van der Waals surface area (Å²) in [6, 6.07) is 0. The Morgan fingerprint density at radius 3 is 2.55 bits per heavy atom. The van der Waals surface area contributed by atoms with E-state index >= 15 is 0 Å². The minimum Gasteiger partial charge on any atom is -0.393 e. The molecule has 0 spiro atoms. The molecule has 4 aliphatic carbocycles. The second-order valence-electron chi connectivity index (χ2n) is 8.87. The quantitative estimate of drug-likeness (QED) is 0.603. The van der Waals surface area contributed by atoms with Gasteiger partial charge in [0.1, 0.15) is 0 Å². The minimum absolute atomic E-state index is 0.0853. The number of hydrogen-bond donors (Lipinski definition) is 3. The van der Waals surface area contributed by atoms with Crippen molar-refractivity contribution in [1.29, 1.82) is 0 Å². The maximum atomic E-state index is 10.8. The second-order valence-corrected chi connectivity index (χ2v) is 8.87. The molecule has 3 nitrogen and oxygen atoms in total. The maximum absolute atomic E-state index is 10.8. The van der Waals surface area contributed by atoms with Crippen LogP contribution < -0.4 is 0 Å². The summed E-state index contributed by atoms with van der Waals surface area (Å²) in [4.78, 5) is 0. The van der Waals surface area contributed by atoms with Crippen molar-refractivity contribution in [3.05, 3.63) is 11.6 Å². The number of aliphatic hydroxyl groups is 3. The number of rotatable bonds is 0. The van der Waals surface area contributed by atoms with Gasteiger partial charge in [0, 0.05) is 11.8 Å². The lowest BCUT2D eigenvalue weighted by atomic mass is 9.47. The molecule has 22 heavy (non-hydrogen) atoms. The fourth-order valence-corrected chi connectivity index (χ4v) is 6.67. The number of fused-ring (bicyclic) bond motifs is 5. The first kappa shape index (κ1) is 15.2. The zero-order valence-corrected chi connectivity index (χ0v) is 13.8. The average molecular weight is 306 g/mol. The fraction of sp³-hybridized carbons (Fsp3) is 0.895. The van der Waals surface area contributed by atoms with Crippen molar-refractivity contribution >= 4 is 0 Å². The Kier molecular flexibility index (Phi) is 3.32. The van der Waals surface area contributed by atoms with E-state index in [1.807, 2.05) is 0 Å². The second kappa shape index (κ2) is 4.81. The predicted molar refractivity (Wildman–Crippen MR) is 85.1 cm³/mol. The van der Waals surface area contributed by atoms with Crippen LogP contribution in [0.1, 0.15) is 58.8 Å². The topological polar surface area (TPSA) is 60.7 Å². The molecule has 3 N–H and O–H groups in total. The SMILES string of the molecule is C[C@]12CC[C@@H]3[C@@H](CC=C4CC(O)CC(O)[C@@]43C)[C@@H]1CCC2O. The summed E-state index contributed by atoms with van der Waals surface area (Å²) in [5.74, 6) is 1.70. The van der Waals surface area contributed by atoms with Crippen LogP contribution in [0.15, 0.2) is 11.6 Å². The first-order valence-electron chi connectivity index (χ1n) is 9.11. The molecule has 0 amide bonds. The highest BCUT2D eigenvalue weighted by Crippen LogP contribution is 2.64. The van der Waals surface area contributed by atoms with Crippen LogP contribution in [-0.4, -0.2) is 33.6 Å². The van der Waals surface area contributed by atoms with E-state index in [2.05, 4.69) is 19.9 Å². The summed E-state index contributed by atoms with van der Waals surface area (Å²) in [5, 5.41) is 31.3. The summed E-state index contributed by atoms with van der Waals surface area (Å²) in [6.07, 6.45) is 7.96. The van der Waals surface area contributed by atoms with Gasteiger partial charge < -0.3 is 15.3 Å². The first-order valence-corrected chi connectivity index (χ1v) is 9.11. The van der Waals surface area contributed by atoms with Crippen LogP contribution in [0.5, 0.6) is 0 Å². The summed E-state index contributed by atoms with van der Waals surface area (Å²) in [5.41, 5.74) is 1.22. The van der Waals surface area contributed by atoms with Gasteiger partial charge in [0.2, 0.25) is 0 Å². The lowest BCUT2D eigenvalue weighted by molar-refractivity contribution is -0.113. The molecule has 4 aliphatic rings. The molecular weight excluding hydrogens is 276 g/mol.